The Bertz CT molecular complexity index is 1320. The van der Waals surface area contributed by atoms with Crippen LogP contribution in [0.5, 0.6) is 0 Å². The van der Waals surface area contributed by atoms with E-state index in [-0.39, 0.29) is 5.56 Å². The van der Waals surface area contributed by atoms with Crippen LogP contribution in [0.25, 0.3) is 22.0 Å². The highest BCUT2D eigenvalue weighted by Gasteiger charge is 2.19. The number of H-pyrrole nitrogens is 1. The van der Waals surface area contributed by atoms with E-state index in [0.29, 0.717) is 17.1 Å². The lowest BCUT2D eigenvalue weighted by Gasteiger charge is -2.31. The number of aryl methyl sites for hydroxylation is 1. The summed E-state index contributed by atoms with van der Waals surface area (Å²) in [5.41, 5.74) is 4.92. The fourth-order valence-corrected chi connectivity index (χ4v) is 4.71. The van der Waals surface area contributed by atoms with Crippen LogP contribution < -0.4 is 10.9 Å². The summed E-state index contributed by atoms with van der Waals surface area (Å²) in [7, 11) is 0. The Morgan fingerprint density at radius 3 is 2.61 bits per heavy atom. The number of hydrogen-bond acceptors (Lipinski definition) is 5. The van der Waals surface area contributed by atoms with Crippen molar-refractivity contribution in [2.75, 3.05) is 25.0 Å². The molecule has 3 aromatic heterocycles. The molecule has 1 aromatic carbocycles. The zero-order valence-corrected chi connectivity index (χ0v) is 19.1. The van der Waals surface area contributed by atoms with Gasteiger partial charge in [-0.3, -0.25) is 9.78 Å². The first kappa shape index (κ1) is 21.3. The Morgan fingerprint density at radius 2 is 1.88 bits per heavy atom. The molecule has 0 saturated carbocycles. The molecule has 33 heavy (non-hydrogen) atoms. The molecule has 0 aliphatic carbocycles. The molecule has 0 unspecified atom stereocenters. The van der Waals surface area contributed by atoms with Gasteiger partial charge >= 0.3 is 0 Å². The molecule has 6 heteroatoms. The van der Waals surface area contributed by atoms with Crippen molar-refractivity contribution in [3.8, 4) is 11.3 Å². The summed E-state index contributed by atoms with van der Waals surface area (Å²) < 4.78 is 0. The van der Waals surface area contributed by atoms with Crippen molar-refractivity contribution in [1.82, 2.24) is 19.9 Å². The maximum atomic E-state index is 12.7. The number of nitrogens with zero attached hydrogens (tertiary/aromatic N) is 3. The monoisotopic (exact) mass is 439 g/mol. The van der Waals surface area contributed by atoms with E-state index in [1.54, 1.807) is 12.4 Å². The van der Waals surface area contributed by atoms with Crippen LogP contribution in [-0.4, -0.2) is 39.5 Å². The zero-order valence-electron chi connectivity index (χ0n) is 19.1. The predicted octanol–water partition coefficient (Wildman–Crippen LogP) is 5.24. The molecule has 0 spiro atoms. The van der Waals surface area contributed by atoms with Gasteiger partial charge in [-0.1, -0.05) is 19.1 Å². The smallest absolute Gasteiger partial charge is 0.259 e. The number of nitrogens with one attached hydrogen (secondary N) is 2. The van der Waals surface area contributed by atoms with Gasteiger partial charge in [-0.2, -0.15) is 0 Å². The normalized spacial score (nSPS) is 15.1. The minimum Gasteiger partial charge on any atom is -0.340 e. The summed E-state index contributed by atoms with van der Waals surface area (Å²) in [5.74, 6) is 1.16. The highest BCUT2D eigenvalue weighted by Crippen LogP contribution is 2.31. The summed E-state index contributed by atoms with van der Waals surface area (Å²) in [6, 6.07) is 14.5. The van der Waals surface area contributed by atoms with Crippen LogP contribution in [0, 0.1) is 6.92 Å². The van der Waals surface area contributed by atoms with Crippen LogP contribution in [0.4, 0.5) is 11.5 Å². The predicted molar refractivity (Wildman–Crippen MR) is 134 cm³/mol. The van der Waals surface area contributed by atoms with Crippen molar-refractivity contribution >= 4 is 22.3 Å². The fourth-order valence-electron chi connectivity index (χ4n) is 4.71. The second-order valence-corrected chi connectivity index (χ2v) is 8.83. The van der Waals surface area contributed by atoms with Gasteiger partial charge in [0.2, 0.25) is 0 Å². The van der Waals surface area contributed by atoms with Crippen LogP contribution >= 0.6 is 0 Å². The van der Waals surface area contributed by atoms with Crippen LogP contribution in [0.3, 0.4) is 0 Å². The number of aromatic amines is 1. The Hall–Kier alpha value is -3.51. The number of benzene rings is 1. The lowest BCUT2D eigenvalue weighted by atomic mass is 9.89. The van der Waals surface area contributed by atoms with Gasteiger partial charge in [0.05, 0.1) is 11.1 Å². The van der Waals surface area contributed by atoms with Crippen molar-refractivity contribution in [3.63, 3.8) is 0 Å². The molecule has 0 radical (unpaired) electrons. The van der Waals surface area contributed by atoms with Gasteiger partial charge in [0.1, 0.15) is 5.82 Å². The SMILES string of the molecule is CCN1CCC(c2ccc(Nc3nc(-c4cncc(C)c4)cc4cc[nH]c(=O)c34)cc2)CC1. The second-order valence-electron chi connectivity index (χ2n) is 8.83. The number of anilines is 2. The minimum absolute atomic E-state index is 0.157. The first-order valence-corrected chi connectivity index (χ1v) is 11.6. The molecular formula is C27H29N5O. The van der Waals surface area contributed by atoms with Gasteiger partial charge in [0, 0.05) is 29.8 Å². The lowest BCUT2D eigenvalue weighted by Crippen LogP contribution is -2.32. The maximum absolute atomic E-state index is 12.7. The number of hydrogen-bond donors (Lipinski definition) is 2. The van der Waals surface area contributed by atoms with Crippen molar-refractivity contribution < 1.29 is 0 Å². The molecule has 0 bridgehead atoms. The molecule has 4 aromatic rings. The van der Waals surface area contributed by atoms with E-state index < -0.39 is 0 Å². The molecule has 2 N–H and O–H groups in total. The van der Waals surface area contributed by atoms with Gasteiger partial charge in [0.25, 0.3) is 5.56 Å². The second kappa shape index (κ2) is 9.16. The summed E-state index contributed by atoms with van der Waals surface area (Å²) in [6.45, 7) is 7.71. The molecule has 1 saturated heterocycles. The third kappa shape index (κ3) is 4.52. The molecule has 0 amide bonds. The van der Waals surface area contributed by atoms with Gasteiger partial charge in [-0.05, 0) is 92.2 Å². The summed E-state index contributed by atoms with van der Waals surface area (Å²) in [6.07, 6.45) is 7.70. The topological polar surface area (TPSA) is 73.9 Å². The number of rotatable bonds is 5. The van der Waals surface area contributed by atoms with Gasteiger partial charge in [-0.15, -0.1) is 0 Å². The Balaban J connectivity index is 1.46. The van der Waals surface area contributed by atoms with E-state index in [1.165, 1.54) is 31.5 Å². The Morgan fingerprint density at radius 1 is 1.09 bits per heavy atom. The molecule has 5 rings (SSSR count). The number of piperidine rings is 1. The molecular weight excluding hydrogens is 410 g/mol. The van der Waals surface area contributed by atoms with E-state index in [4.69, 9.17) is 4.98 Å². The average molecular weight is 440 g/mol. The Labute approximate surface area is 193 Å². The standard InChI is InChI=1S/C27H29N5O/c1-3-32-12-9-20(10-13-32)19-4-6-23(7-5-19)30-26-25-21(8-11-29-27(25)33)15-24(31-26)22-14-18(2)16-28-17-22/h4-8,11,14-17,20H,3,9-10,12-13H2,1-2H3,(H,29,33)(H,30,31). The van der Waals surface area contributed by atoms with Crippen LogP contribution in [0.2, 0.25) is 0 Å². The van der Waals surface area contributed by atoms with Gasteiger partial charge < -0.3 is 15.2 Å². The molecule has 1 aliphatic heterocycles. The number of fused-ring (bicyclic) bond motifs is 1. The van der Waals surface area contributed by atoms with E-state index in [9.17, 15) is 4.79 Å². The van der Waals surface area contributed by atoms with Gasteiger partial charge in [0.15, 0.2) is 0 Å². The summed E-state index contributed by atoms with van der Waals surface area (Å²) in [4.78, 5) is 27.1. The van der Waals surface area contributed by atoms with Crippen molar-refractivity contribution in [3.05, 3.63) is 82.5 Å². The summed E-state index contributed by atoms with van der Waals surface area (Å²) in [5, 5.41) is 4.79. The van der Waals surface area contributed by atoms with E-state index in [2.05, 4.69) is 57.4 Å². The number of pyridine rings is 3. The van der Waals surface area contributed by atoms with Crippen molar-refractivity contribution in [1.29, 1.82) is 0 Å². The lowest BCUT2D eigenvalue weighted by molar-refractivity contribution is 0.222. The van der Waals surface area contributed by atoms with Gasteiger partial charge in [-0.25, -0.2) is 4.98 Å². The van der Waals surface area contributed by atoms with E-state index in [1.807, 2.05) is 25.3 Å². The highest BCUT2D eigenvalue weighted by atomic mass is 16.1. The van der Waals surface area contributed by atoms with Crippen LogP contribution in [0.15, 0.2) is 65.8 Å². The fraction of sp³-hybridized carbons (Fsp3) is 0.296. The molecule has 6 nitrogen and oxygen atoms in total. The number of likely N-dealkylation sites (tertiary alicyclic amines) is 1. The van der Waals surface area contributed by atoms with Crippen molar-refractivity contribution in [2.24, 2.45) is 0 Å². The molecule has 168 valence electrons. The van der Waals surface area contributed by atoms with Crippen LogP contribution in [-0.2, 0) is 0 Å². The average Bonchev–Trinajstić information content (AvgIpc) is 2.84. The molecule has 1 fully saturated rings. The maximum Gasteiger partial charge on any atom is 0.259 e. The number of aromatic nitrogens is 3. The Kier molecular flexibility index (Phi) is 5.92. The molecule has 0 atom stereocenters. The molecule has 4 heterocycles. The zero-order chi connectivity index (χ0) is 22.8. The third-order valence-electron chi connectivity index (χ3n) is 6.60. The van der Waals surface area contributed by atoms with E-state index >= 15 is 0 Å². The van der Waals surface area contributed by atoms with Crippen molar-refractivity contribution in [2.45, 2.75) is 32.6 Å². The first-order valence-electron chi connectivity index (χ1n) is 11.6. The molecule has 1 aliphatic rings. The minimum atomic E-state index is -0.157. The highest BCUT2D eigenvalue weighted by molar-refractivity contribution is 5.95. The quantitative estimate of drug-likeness (QED) is 0.445. The third-order valence-corrected chi connectivity index (χ3v) is 6.60. The van der Waals surface area contributed by atoms with Crippen LogP contribution in [0.1, 0.15) is 36.8 Å². The van der Waals surface area contributed by atoms with E-state index in [0.717, 1.165) is 34.4 Å². The largest absolute Gasteiger partial charge is 0.340 e. The first-order chi connectivity index (χ1) is 16.1. The summed E-state index contributed by atoms with van der Waals surface area (Å²) >= 11 is 0.